The quantitative estimate of drug-likeness (QED) is 0.401. The molecule has 1 aliphatic heterocycles. The summed E-state index contributed by atoms with van der Waals surface area (Å²) in [6.07, 6.45) is 5.90. The van der Waals surface area contributed by atoms with Gasteiger partial charge >= 0.3 is 0 Å². The standard InChI is InChI=1S/C18H31N5O.HI/c1-18(2,3)15-10-20-16(24-15)11-22-17(19-4)21-9-13-7-8-23(12-13)14-5-6-14;/h10,13-14H,5-9,11-12H2,1-4H3,(H2,19,21,22);1H. The third-order valence-electron chi connectivity index (χ3n) is 4.86. The highest BCUT2D eigenvalue weighted by Gasteiger charge is 2.34. The summed E-state index contributed by atoms with van der Waals surface area (Å²) >= 11 is 0. The summed E-state index contributed by atoms with van der Waals surface area (Å²) in [5.74, 6) is 3.14. The highest BCUT2D eigenvalue weighted by Crippen LogP contribution is 2.31. The van der Waals surface area contributed by atoms with Crippen molar-refractivity contribution >= 4 is 29.9 Å². The first-order chi connectivity index (χ1) is 11.5. The molecule has 6 nitrogen and oxygen atoms in total. The maximum Gasteiger partial charge on any atom is 0.213 e. The second kappa shape index (κ2) is 8.70. The van der Waals surface area contributed by atoms with Crippen molar-refractivity contribution in [2.24, 2.45) is 10.9 Å². The van der Waals surface area contributed by atoms with Gasteiger partial charge in [0.25, 0.3) is 0 Å². The molecule has 1 saturated heterocycles. The van der Waals surface area contributed by atoms with Crippen molar-refractivity contribution < 1.29 is 4.42 Å². The number of likely N-dealkylation sites (tertiary alicyclic amines) is 1. The fourth-order valence-electron chi connectivity index (χ4n) is 3.16. The Kier molecular flexibility index (Phi) is 7.13. The molecule has 1 atom stereocenters. The van der Waals surface area contributed by atoms with E-state index in [1.807, 2.05) is 6.20 Å². The summed E-state index contributed by atoms with van der Waals surface area (Å²) in [5, 5.41) is 6.73. The Morgan fingerprint density at radius 2 is 2.08 bits per heavy atom. The van der Waals surface area contributed by atoms with Crippen LogP contribution in [0.5, 0.6) is 0 Å². The summed E-state index contributed by atoms with van der Waals surface area (Å²) in [5.41, 5.74) is -0.0128. The van der Waals surface area contributed by atoms with Crippen LogP contribution in [0.2, 0.25) is 0 Å². The third kappa shape index (κ3) is 5.84. The Hall–Kier alpha value is -0.830. The molecule has 7 heteroatoms. The summed E-state index contributed by atoms with van der Waals surface area (Å²) in [6, 6.07) is 0.884. The summed E-state index contributed by atoms with van der Waals surface area (Å²) in [7, 11) is 1.80. The van der Waals surface area contributed by atoms with Gasteiger partial charge in [-0.2, -0.15) is 0 Å². The Morgan fingerprint density at radius 3 is 2.68 bits per heavy atom. The topological polar surface area (TPSA) is 65.7 Å². The SMILES string of the molecule is CN=C(NCc1ncc(C(C)(C)C)o1)NCC1CCN(C2CC2)C1.I. The van der Waals surface area contributed by atoms with E-state index in [1.165, 1.54) is 32.4 Å². The maximum atomic E-state index is 5.81. The monoisotopic (exact) mass is 461 g/mol. The zero-order valence-electron chi connectivity index (χ0n) is 15.8. The van der Waals surface area contributed by atoms with E-state index in [-0.39, 0.29) is 29.4 Å². The van der Waals surface area contributed by atoms with Crippen molar-refractivity contribution in [2.75, 3.05) is 26.7 Å². The van der Waals surface area contributed by atoms with E-state index in [2.05, 4.69) is 46.3 Å². The molecule has 1 aliphatic carbocycles. The average molecular weight is 461 g/mol. The van der Waals surface area contributed by atoms with Crippen LogP contribution < -0.4 is 10.6 Å². The van der Waals surface area contributed by atoms with Crippen LogP contribution in [0.3, 0.4) is 0 Å². The lowest BCUT2D eigenvalue weighted by Crippen LogP contribution is -2.40. The first-order valence-electron chi connectivity index (χ1n) is 9.09. The summed E-state index contributed by atoms with van der Waals surface area (Å²) in [4.78, 5) is 11.3. The second-order valence-electron chi connectivity index (χ2n) is 8.06. The smallest absolute Gasteiger partial charge is 0.213 e. The Balaban J connectivity index is 0.00000225. The van der Waals surface area contributed by atoms with Gasteiger partial charge in [-0.05, 0) is 31.7 Å². The predicted octanol–water partition coefficient (Wildman–Crippen LogP) is 2.74. The van der Waals surface area contributed by atoms with Gasteiger partial charge in [0.05, 0.1) is 12.7 Å². The molecule has 0 spiro atoms. The number of guanidine groups is 1. The zero-order chi connectivity index (χ0) is 17.2. The Bertz CT molecular complexity index is 576. The number of hydrogen-bond acceptors (Lipinski definition) is 4. The van der Waals surface area contributed by atoms with Crippen LogP contribution in [0, 0.1) is 5.92 Å². The van der Waals surface area contributed by atoms with Gasteiger partial charge in [-0.25, -0.2) is 4.98 Å². The van der Waals surface area contributed by atoms with E-state index in [1.54, 1.807) is 7.05 Å². The molecule has 0 amide bonds. The Morgan fingerprint density at radius 1 is 1.32 bits per heavy atom. The zero-order valence-corrected chi connectivity index (χ0v) is 18.2. The predicted molar refractivity (Wildman–Crippen MR) is 112 cm³/mol. The van der Waals surface area contributed by atoms with Crippen LogP contribution in [0.1, 0.15) is 51.7 Å². The van der Waals surface area contributed by atoms with Crippen molar-refractivity contribution in [1.29, 1.82) is 0 Å². The number of rotatable bonds is 5. The number of nitrogens with zero attached hydrogens (tertiary/aromatic N) is 3. The number of aromatic nitrogens is 1. The molecule has 25 heavy (non-hydrogen) atoms. The summed E-state index contributed by atoms with van der Waals surface area (Å²) in [6.45, 7) is 10.4. The molecule has 1 aromatic heterocycles. The van der Waals surface area contributed by atoms with Crippen molar-refractivity contribution in [3.05, 3.63) is 17.8 Å². The number of hydrogen-bond donors (Lipinski definition) is 2. The first kappa shape index (κ1) is 20.5. The van der Waals surface area contributed by atoms with Gasteiger partial charge in [-0.15, -0.1) is 24.0 Å². The van der Waals surface area contributed by atoms with E-state index < -0.39 is 0 Å². The number of halogens is 1. The van der Waals surface area contributed by atoms with Gasteiger partial charge in [-0.3, -0.25) is 4.99 Å². The minimum absolute atomic E-state index is 0. The van der Waals surface area contributed by atoms with Gasteiger partial charge in [0.2, 0.25) is 5.89 Å². The molecule has 1 aromatic rings. The van der Waals surface area contributed by atoms with Gasteiger partial charge in [0, 0.05) is 31.6 Å². The van der Waals surface area contributed by atoms with Crippen LogP contribution in [0.15, 0.2) is 15.6 Å². The molecule has 3 rings (SSSR count). The maximum absolute atomic E-state index is 5.81. The number of nitrogens with one attached hydrogen (secondary N) is 2. The van der Waals surface area contributed by atoms with Crippen LogP contribution in [0.25, 0.3) is 0 Å². The molecule has 1 unspecified atom stereocenters. The van der Waals surface area contributed by atoms with Crippen molar-refractivity contribution in [3.8, 4) is 0 Å². The molecule has 2 heterocycles. The fraction of sp³-hybridized carbons (Fsp3) is 0.778. The normalized spacial score (nSPS) is 21.9. The van der Waals surface area contributed by atoms with Crippen LogP contribution in [-0.4, -0.2) is 48.6 Å². The number of oxazole rings is 1. The second-order valence-corrected chi connectivity index (χ2v) is 8.06. The fourth-order valence-corrected chi connectivity index (χ4v) is 3.16. The van der Waals surface area contributed by atoms with E-state index in [0.717, 1.165) is 30.2 Å². The minimum atomic E-state index is -0.0128. The van der Waals surface area contributed by atoms with Crippen LogP contribution in [0.4, 0.5) is 0 Å². The van der Waals surface area contributed by atoms with E-state index >= 15 is 0 Å². The number of aliphatic imine (C=N–C) groups is 1. The van der Waals surface area contributed by atoms with Gasteiger partial charge < -0.3 is 20.0 Å². The van der Waals surface area contributed by atoms with Crippen molar-refractivity contribution in [1.82, 2.24) is 20.5 Å². The molecule has 0 bridgehead atoms. The lowest BCUT2D eigenvalue weighted by Gasteiger charge is -2.16. The lowest BCUT2D eigenvalue weighted by atomic mass is 9.94. The van der Waals surface area contributed by atoms with E-state index in [0.29, 0.717) is 12.4 Å². The van der Waals surface area contributed by atoms with E-state index in [9.17, 15) is 0 Å². The average Bonchev–Trinajstić information content (AvgIpc) is 3.09. The van der Waals surface area contributed by atoms with Crippen LogP contribution >= 0.6 is 24.0 Å². The molecule has 2 N–H and O–H groups in total. The third-order valence-corrected chi connectivity index (χ3v) is 4.86. The molecule has 0 aromatic carbocycles. The largest absolute Gasteiger partial charge is 0.443 e. The molecule has 2 fully saturated rings. The molecule has 0 radical (unpaired) electrons. The lowest BCUT2D eigenvalue weighted by molar-refractivity contribution is 0.314. The van der Waals surface area contributed by atoms with Gasteiger partial charge in [-0.1, -0.05) is 20.8 Å². The first-order valence-corrected chi connectivity index (χ1v) is 9.09. The molecular formula is C18H32IN5O. The molecular weight excluding hydrogens is 429 g/mol. The minimum Gasteiger partial charge on any atom is -0.443 e. The molecule has 142 valence electrons. The van der Waals surface area contributed by atoms with Crippen molar-refractivity contribution in [2.45, 2.75) is 58.0 Å². The Labute approximate surface area is 168 Å². The highest BCUT2D eigenvalue weighted by atomic mass is 127. The molecule has 1 saturated carbocycles. The van der Waals surface area contributed by atoms with Crippen LogP contribution in [-0.2, 0) is 12.0 Å². The molecule has 2 aliphatic rings. The van der Waals surface area contributed by atoms with Crippen molar-refractivity contribution in [3.63, 3.8) is 0 Å². The highest BCUT2D eigenvalue weighted by molar-refractivity contribution is 14.0. The van der Waals surface area contributed by atoms with Gasteiger partial charge in [0.1, 0.15) is 5.76 Å². The van der Waals surface area contributed by atoms with E-state index in [4.69, 9.17) is 4.42 Å². The van der Waals surface area contributed by atoms with Gasteiger partial charge in [0.15, 0.2) is 5.96 Å². The summed E-state index contributed by atoms with van der Waals surface area (Å²) < 4.78 is 5.81.